The first kappa shape index (κ1) is 13.6. The van der Waals surface area contributed by atoms with Gasteiger partial charge in [-0.15, -0.1) is 0 Å². The van der Waals surface area contributed by atoms with Gasteiger partial charge in [0, 0.05) is 0 Å². The van der Waals surface area contributed by atoms with Crippen LogP contribution in [0.5, 0.6) is 5.75 Å². The van der Waals surface area contributed by atoms with Gasteiger partial charge < -0.3 is 10.5 Å². The molecule has 3 heteroatoms. The normalized spacial score (nSPS) is 12.8. The molecular formula is C14H22N2O. The van der Waals surface area contributed by atoms with Gasteiger partial charge in [-0.3, -0.25) is 0 Å². The fraction of sp³-hybridized carbons (Fsp3) is 0.500. The fourth-order valence-electron chi connectivity index (χ4n) is 1.67. The van der Waals surface area contributed by atoms with Crippen molar-refractivity contribution < 1.29 is 4.74 Å². The van der Waals surface area contributed by atoms with E-state index >= 15 is 0 Å². The number of hydrogen-bond donors (Lipinski definition) is 1. The molecule has 0 spiro atoms. The lowest BCUT2D eigenvalue weighted by molar-refractivity contribution is 0.183. The number of benzene rings is 1. The predicted octanol–water partition coefficient (Wildman–Crippen LogP) is 3.65. The summed E-state index contributed by atoms with van der Waals surface area (Å²) in [6, 6.07) is 7.70. The molecule has 0 heterocycles. The summed E-state index contributed by atoms with van der Waals surface area (Å²) >= 11 is 0. The average molecular weight is 234 g/mol. The zero-order chi connectivity index (χ0) is 12.5. The molecule has 1 atom stereocenters. The van der Waals surface area contributed by atoms with E-state index in [0.29, 0.717) is 6.10 Å². The lowest BCUT2D eigenvalue weighted by Crippen LogP contribution is -2.14. The number of nitrogens with zero attached hydrogens (tertiary/aromatic N) is 1. The van der Waals surface area contributed by atoms with Gasteiger partial charge in [0.15, 0.2) is 0 Å². The standard InChI is InChI=1S/C14H22N2O/c1-3-5-6-13(4-2)17-14-9-7-12(8-10-14)16-11-15/h7-11,13H,3-6H2,1-2H3,(H2,15,16). The highest BCUT2D eigenvalue weighted by Crippen LogP contribution is 2.20. The first-order valence-corrected chi connectivity index (χ1v) is 6.31. The van der Waals surface area contributed by atoms with Crippen LogP contribution in [0, 0.1) is 0 Å². The summed E-state index contributed by atoms with van der Waals surface area (Å²) in [5.41, 5.74) is 6.08. The Balaban J connectivity index is 2.54. The topological polar surface area (TPSA) is 47.6 Å². The van der Waals surface area contributed by atoms with E-state index in [2.05, 4.69) is 18.8 Å². The summed E-state index contributed by atoms with van der Waals surface area (Å²) in [7, 11) is 0. The van der Waals surface area contributed by atoms with Crippen molar-refractivity contribution in [1.29, 1.82) is 0 Å². The minimum Gasteiger partial charge on any atom is -0.490 e. The highest BCUT2D eigenvalue weighted by atomic mass is 16.5. The molecule has 1 rings (SSSR count). The summed E-state index contributed by atoms with van der Waals surface area (Å²) in [6.45, 7) is 4.36. The summed E-state index contributed by atoms with van der Waals surface area (Å²) in [5, 5.41) is 0. The van der Waals surface area contributed by atoms with Crippen molar-refractivity contribution in [1.82, 2.24) is 0 Å². The molecule has 0 radical (unpaired) electrons. The molecule has 0 fully saturated rings. The summed E-state index contributed by atoms with van der Waals surface area (Å²) < 4.78 is 5.92. The Labute approximate surface area is 104 Å². The van der Waals surface area contributed by atoms with Gasteiger partial charge in [-0.1, -0.05) is 26.7 Å². The molecule has 2 N–H and O–H groups in total. The van der Waals surface area contributed by atoms with Crippen molar-refractivity contribution >= 4 is 12.0 Å². The Morgan fingerprint density at radius 1 is 1.29 bits per heavy atom. The fourth-order valence-corrected chi connectivity index (χ4v) is 1.67. The van der Waals surface area contributed by atoms with Crippen molar-refractivity contribution in [2.24, 2.45) is 10.7 Å². The van der Waals surface area contributed by atoms with Crippen LogP contribution in [0.2, 0.25) is 0 Å². The largest absolute Gasteiger partial charge is 0.490 e. The van der Waals surface area contributed by atoms with E-state index in [1.165, 1.54) is 19.2 Å². The molecule has 1 aromatic rings. The monoisotopic (exact) mass is 234 g/mol. The summed E-state index contributed by atoms with van der Waals surface area (Å²) in [4.78, 5) is 3.99. The number of hydrogen-bond acceptors (Lipinski definition) is 2. The predicted molar refractivity (Wildman–Crippen MR) is 73.0 cm³/mol. The summed E-state index contributed by atoms with van der Waals surface area (Å²) in [5.74, 6) is 0.906. The second-order valence-corrected chi connectivity index (χ2v) is 4.06. The molecule has 17 heavy (non-hydrogen) atoms. The van der Waals surface area contributed by atoms with Crippen LogP contribution in [0.3, 0.4) is 0 Å². The lowest BCUT2D eigenvalue weighted by Gasteiger charge is -2.17. The molecule has 0 aromatic heterocycles. The van der Waals surface area contributed by atoms with Gasteiger partial charge in [0.2, 0.25) is 0 Å². The molecule has 0 saturated heterocycles. The Morgan fingerprint density at radius 2 is 2.00 bits per heavy atom. The van der Waals surface area contributed by atoms with Gasteiger partial charge in [0.1, 0.15) is 5.75 Å². The lowest BCUT2D eigenvalue weighted by atomic mass is 10.1. The number of nitrogens with two attached hydrogens (primary N) is 1. The summed E-state index contributed by atoms with van der Waals surface area (Å²) in [6.07, 6.45) is 6.21. The van der Waals surface area contributed by atoms with Crippen molar-refractivity contribution in [2.75, 3.05) is 0 Å². The van der Waals surface area contributed by atoms with Crippen LogP contribution >= 0.6 is 0 Å². The first-order chi connectivity index (χ1) is 8.30. The van der Waals surface area contributed by atoms with Gasteiger partial charge in [-0.2, -0.15) is 0 Å². The zero-order valence-electron chi connectivity index (χ0n) is 10.7. The molecule has 0 saturated carbocycles. The molecular weight excluding hydrogens is 212 g/mol. The third-order valence-corrected chi connectivity index (χ3v) is 2.70. The van der Waals surface area contributed by atoms with Crippen LogP contribution in [-0.2, 0) is 0 Å². The Bertz CT molecular complexity index is 333. The van der Waals surface area contributed by atoms with E-state index in [1.807, 2.05) is 24.3 Å². The third-order valence-electron chi connectivity index (χ3n) is 2.70. The molecule has 0 bridgehead atoms. The van der Waals surface area contributed by atoms with Crippen molar-refractivity contribution in [3.05, 3.63) is 24.3 Å². The van der Waals surface area contributed by atoms with Crippen LogP contribution in [0.15, 0.2) is 29.3 Å². The Morgan fingerprint density at radius 3 is 2.53 bits per heavy atom. The van der Waals surface area contributed by atoms with Crippen LogP contribution in [0.1, 0.15) is 39.5 Å². The molecule has 0 aliphatic heterocycles. The number of unbranched alkanes of at least 4 members (excludes halogenated alkanes) is 1. The van der Waals surface area contributed by atoms with Crippen molar-refractivity contribution in [2.45, 2.75) is 45.6 Å². The van der Waals surface area contributed by atoms with Gasteiger partial charge in [0.25, 0.3) is 0 Å². The first-order valence-electron chi connectivity index (χ1n) is 6.31. The van der Waals surface area contributed by atoms with E-state index in [-0.39, 0.29) is 0 Å². The van der Waals surface area contributed by atoms with E-state index in [1.54, 1.807) is 0 Å². The number of ether oxygens (including phenoxy) is 1. The van der Waals surface area contributed by atoms with E-state index in [9.17, 15) is 0 Å². The molecule has 1 aromatic carbocycles. The second-order valence-electron chi connectivity index (χ2n) is 4.06. The molecule has 0 amide bonds. The number of rotatable bonds is 7. The van der Waals surface area contributed by atoms with E-state index in [4.69, 9.17) is 10.5 Å². The molecule has 0 aliphatic rings. The number of aliphatic imine (C=N–C) groups is 1. The zero-order valence-corrected chi connectivity index (χ0v) is 10.7. The van der Waals surface area contributed by atoms with Crippen LogP contribution < -0.4 is 10.5 Å². The quantitative estimate of drug-likeness (QED) is 0.578. The smallest absolute Gasteiger partial charge is 0.119 e. The SMILES string of the molecule is CCCCC(CC)Oc1ccc(N=CN)cc1. The maximum absolute atomic E-state index is 5.92. The highest BCUT2D eigenvalue weighted by Gasteiger charge is 2.07. The molecule has 94 valence electrons. The van der Waals surface area contributed by atoms with Crippen LogP contribution in [0.25, 0.3) is 0 Å². The highest BCUT2D eigenvalue weighted by molar-refractivity contribution is 5.59. The maximum Gasteiger partial charge on any atom is 0.119 e. The van der Waals surface area contributed by atoms with Gasteiger partial charge in [-0.05, 0) is 37.1 Å². The van der Waals surface area contributed by atoms with Crippen LogP contribution in [-0.4, -0.2) is 12.4 Å². The van der Waals surface area contributed by atoms with Gasteiger partial charge in [-0.25, -0.2) is 4.99 Å². The minimum atomic E-state index is 0.318. The Kier molecular flexibility index (Phi) is 6.15. The Hall–Kier alpha value is -1.51. The molecule has 1 unspecified atom stereocenters. The molecule has 3 nitrogen and oxygen atoms in total. The van der Waals surface area contributed by atoms with E-state index in [0.717, 1.165) is 24.3 Å². The minimum absolute atomic E-state index is 0.318. The van der Waals surface area contributed by atoms with Gasteiger partial charge in [0.05, 0.1) is 18.1 Å². The third kappa shape index (κ3) is 4.89. The molecule has 0 aliphatic carbocycles. The average Bonchev–Trinajstić information content (AvgIpc) is 2.37. The van der Waals surface area contributed by atoms with E-state index < -0.39 is 0 Å². The van der Waals surface area contributed by atoms with Crippen molar-refractivity contribution in [3.8, 4) is 5.75 Å². The van der Waals surface area contributed by atoms with Gasteiger partial charge >= 0.3 is 0 Å². The second kappa shape index (κ2) is 7.71. The maximum atomic E-state index is 5.92. The van der Waals surface area contributed by atoms with Crippen molar-refractivity contribution in [3.63, 3.8) is 0 Å². The van der Waals surface area contributed by atoms with Crippen LogP contribution in [0.4, 0.5) is 5.69 Å².